The molecule has 0 fully saturated rings. The Morgan fingerprint density at radius 2 is 2.11 bits per heavy atom. The van der Waals surface area contributed by atoms with Gasteiger partial charge in [0.1, 0.15) is 5.82 Å². The molecule has 2 aromatic rings. The molecule has 1 heterocycles. The zero-order chi connectivity index (χ0) is 13.7. The maximum absolute atomic E-state index is 12.8. The van der Waals surface area contributed by atoms with Crippen LogP contribution in [0.1, 0.15) is 26.2 Å². The molecule has 1 aromatic heterocycles. The Morgan fingerprint density at radius 1 is 1.37 bits per heavy atom. The Bertz CT molecular complexity index is 551. The molecule has 0 aliphatic heterocycles. The molecule has 0 bridgehead atoms. The van der Waals surface area contributed by atoms with Crippen LogP contribution in [-0.2, 0) is 4.79 Å². The summed E-state index contributed by atoms with van der Waals surface area (Å²) in [4.78, 5) is 15.9. The molecule has 0 spiro atoms. The fourth-order valence-electron chi connectivity index (χ4n) is 1.60. The lowest BCUT2D eigenvalue weighted by Gasteiger charge is -2.00. The molecule has 2 rings (SSSR count). The first kappa shape index (κ1) is 13.7. The standard InChI is InChI=1S/C14H15FN2OS/c1-2-3-4-13(18)17-14-16-12(9-19-14)10-5-7-11(15)8-6-10/h5-9H,2-4H2,1H3,(H,16,17,18). The largest absolute Gasteiger partial charge is 0.302 e. The van der Waals surface area contributed by atoms with Crippen LogP contribution in [0.2, 0.25) is 0 Å². The van der Waals surface area contributed by atoms with Gasteiger partial charge in [0.2, 0.25) is 5.91 Å². The molecule has 0 saturated heterocycles. The van der Waals surface area contributed by atoms with Gasteiger partial charge in [0.25, 0.3) is 0 Å². The van der Waals surface area contributed by atoms with Gasteiger partial charge in [-0.1, -0.05) is 13.3 Å². The Labute approximate surface area is 115 Å². The van der Waals surface area contributed by atoms with E-state index in [1.807, 2.05) is 12.3 Å². The van der Waals surface area contributed by atoms with Crippen molar-refractivity contribution in [2.45, 2.75) is 26.2 Å². The SMILES string of the molecule is CCCCC(=O)Nc1nc(-c2ccc(F)cc2)cs1. The predicted octanol–water partition coefficient (Wildman–Crippen LogP) is 4.08. The molecule has 19 heavy (non-hydrogen) atoms. The summed E-state index contributed by atoms with van der Waals surface area (Å²) in [5.41, 5.74) is 1.59. The second kappa shape index (κ2) is 6.43. The Kier molecular flexibility index (Phi) is 4.63. The van der Waals surface area contributed by atoms with Gasteiger partial charge in [-0.25, -0.2) is 9.37 Å². The molecule has 0 aliphatic rings. The van der Waals surface area contributed by atoms with Gasteiger partial charge in [0.15, 0.2) is 5.13 Å². The lowest BCUT2D eigenvalue weighted by molar-refractivity contribution is -0.116. The van der Waals surface area contributed by atoms with Crippen molar-refractivity contribution in [1.82, 2.24) is 4.98 Å². The van der Waals surface area contributed by atoms with Crippen LogP contribution >= 0.6 is 11.3 Å². The van der Waals surface area contributed by atoms with Crippen molar-refractivity contribution >= 4 is 22.4 Å². The third-order valence-electron chi connectivity index (χ3n) is 2.65. The summed E-state index contributed by atoms with van der Waals surface area (Å²) < 4.78 is 12.8. The molecule has 1 amide bonds. The molecule has 0 unspecified atom stereocenters. The number of carbonyl (C=O) groups is 1. The average molecular weight is 278 g/mol. The van der Waals surface area contributed by atoms with E-state index in [-0.39, 0.29) is 11.7 Å². The smallest absolute Gasteiger partial charge is 0.226 e. The van der Waals surface area contributed by atoms with Crippen molar-refractivity contribution in [3.05, 3.63) is 35.5 Å². The number of nitrogens with one attached hydrogen (secondary N) is 1. The number of thiazole rings is 1. The van der Waals surface area contributed by atoms with Crippen molar-refractivity contribution in [1.29, 1.82) is 0 Å². The summed E-state index contributed by atoms with van der Waals surface area (Å²) >= 11 is 1.37. The number of nitrogens with zero attached hydrogens (tertiary/aromatic N) is 1. The molecule has 5 heteroatoms. The summed E-state index contributed by atoms with van der Waals surface area (Å²) in [6.45, 7) is 2.04. The second-order valence-electron chi connectivity index (χ2n) is 4.20. The van der Waals surface area contributed by atoms with Crippen LogP contribution in [0.5, 0.6) is 0 Å². The fraction of sp³-hybridized carbons (Fsp3) is 0.286. The molecule has 0 radical (unpaired) electrons. The average Bonchev–Trinajstić information content (AvgIpc) is 2.85. The quantitative estimate of drug-likeness (QED) is 0.895. The highest BCUT2D eigenvalue weighted by Gasteiger charge is 2.07. The van der Waals surface area contributed by atoms with Crippen molar-refractivity contribution in [3.63, 3.8) is 0 Å². The number of rotatable bonds is 5. The maximum Gasteiger partial charge on any atom is 0.226 e. The molecule has 0 saturated carbocycles. The number of halogens is 1. The summed E-state index contributed by atoms with van der Waals surface area (Å²) in [5.74, 6) is -0.283. The Morgan fingerprint density at radius 3 is 2.79 bits per heavy atom. The topological polar surface area (TPSA) is 42.0 Å². The van der Waals surface area contributed by atoms with Crippen molar-refractivity contribution in [2.24, 2.45) is 0 Å². The number of amides is 1. The fourth-order valence-corrected chi connectivity index (χ4v) is 2.34. The van der Waals surface area contributed by atoms with Gasteiger partial charge >= 0.3 is 0 Å². The molecular weight excluding hydrogens is 263 g/mol. The zero-order valence-electron chi connectivity index (χ0n) is 10.6. The third kappa shape index (κ3) is 3.86. The van der Waals surface area contributed by atoms with Crippen molar-refractivity contribution in [2.75, 3.05) is 5.32 Å². The van der Waals surface area contributed by atoms with E-state index >= 15 is 0 Å². The summed E-state index contributed by atoms with van der Waals surface area (Å²) in [6.07, 6.45) is 2.39. The van der Waals surface area contributed by atoms with Crippen molar-refractivity contribution < 1.29 is 9.18 Å². The van der Waals surface area contributed by atoms with Crippen LogP contribution < -0.4 is 5.32 Å². The van der Waals surface area contributed by atoms with Gasteiger partial charge in [-0.3, -0.25) is 4.79 Å². The number of hydrogen-bond donors (Lipinski definition) is 1. The number of unbranched alkanes of at least 4 members (excludes halogenated alkanes) is 1. The van der Waals surface area contributed by atoms with E-state index in [2.05, 4.69) is 10.3 Å². The Hall–Kier alpha value is -1.75. The lowest BCUT2D eigenvalue weighted by Crippen LogP contribution is -2.10. The van der Waals surface area contributed by atoms with Crippen LogP contribution in [0.4, 0.5) is 9.52 Å². The van der Waals surface area contributed by atoms with E-state index in [0.29, 0.717) is 11.6 Å². The van der Waals surface area contributed by atoms with Crippen LogP contribution in [-0.4, -0.2) is 10.9 Å². The first-order valence-electron chi connectivity index (χ1n) is 6.20. The minimum atomic E-state index is -0.271. The maximum atomic E-state index is 12.8. The lowest BCUT2D eigenvalue weighted by atomic mass is 10.2. The Balaban J connectivity index is 2.02. The molecule has 3 nitrogen and oxygen atoms in total. The first-order valence-corrected chi connectivity index (χ1v) is 7.08. The van der Waals surface area contributed by atoms with Gasteiger partial charge in [-0.05, 0) is 30.7 Å². The van der Waals surface area contributed by atoms with E-state index in [4.69, 9.17) is 0 Å². The number of aromatic nitrogens is 1. The van der Waals surface area contributed by atoms with Crippen molar-refractivity contribution in [3.8, 4) is 11.3 Å². The third-order valence-corrected chi connectivity index (χ3v) is 3.41. The van der Waals surface area contributed by atoms with E-state index in [9.17, 15) is 9.18 Å². The molecule has 0 atom stereocenters. The first-order chi connectivity index (χ1) is 9.19. The van der Waals surface area contributed by atoms with Gasteiger partial charge in [-0.15, -0.1) is 11.3 Å². The van der Waals surface area contributed by atoms with E-state index in [1.165, 1.54) is 23.5 Å². The number of hydrogen-bond acceptors (Lipinski definition) is 3. The zero-order valence-corrected chi connectivity index (χ0v) is 11.5. The minimum Gasteiger partial charge on any atom is -0.302 e. The highest BCUT2D eigenvalue weighted by molar-refractivity contribution is 7.14. The van der Waals surface area contributed by atoms with E-state index < -0.39 is 0 Å². The monoisotopic (exact) mass is 278 g/mol. The predicted molar refractivity (Wildman–Crippen MR) is 75.7 cm³/mol. The molecule has 1 aromatic carbocycles. The van der Waals surface area contributed by atoms with Crippen LogP contribution in [0.15, 0.2) is 29.6 Å². The molecule has 1 N–H and O–H groups in total. The molecule has 0 aliphatic carbocycles. The minimum absolute atomic E-state index is 0.0122. The van der Waals surface area contributed by atoms with Gasteiger partial charge in [0.05, 0.1) is 5.69 Å². The van der Waals surface area contributed by atoms with E-state index in [1.54, 1.807) is 12.1 Å². The number of benzene rings is 1. The summed E-state index contributed by atoms with van der Waals surface area (Å²) in [5, 5.41) is 5.21. The second-order valence-corrected chi connectivity index (χ2v) is 5.05. The number of carbonyl (C=O) groups excluding carboxylic acids is 1. The highest BCUT2D eigenvalue weighted by Crippen LogP contribution is 2.25. The van der Waals surface area contributed by atoms with Gasteiger partial charge in [0, 0.05) is 17.4 Å². The van der Waals surface area contributed by atoms with Crippen LogP contribution in [0, 0.1) is 5.82 Å². The number of anilines is 1. The molecular formula is C14H15FN2OS. The summed E-state index contributed by atoms with van der Waals surface area (Å²) in [6, 6.07) is 6.14. The summed E-state index contributed by atoms with van der Waals surface area (Å²) in [7, 11) is 0. The van der Waals surface area contributed by atoms with Gasteiger partial charge in [-0.2, -0.15) is 0 Å². The van der Waals surface area contributed by atoms with Gasteiger partial charge < -0.3 is 5.32 Å². The normalized spacial score (nSPS) is 10.4. The van der Waals surface area contributed by atoms with Crippen LogP contribution in [0.25, 0.3) is 11.3 Å². The highest BCUT2D eigenvalue weighted by atomic mass is 32.1. The van der Waals surface area contributed by atoms with Crippen LogP contribution in [0.3, 0.4) is 0 Å². The van der Waals surface area contributed by atoms with E-state index in [0.717, 1.165) is 24.1 Å². The molecule has 100 valence electrons.